The van der Waals surface area contributed by atoms with Gasteiger partial charge in [-0.1, -0.05) is 30.0 Å². The number of hydrogen-bond acceptors (Lipinski definition) is 5. The largest absolute Gasteiger partial charge is 0.461 e. The first-order chi connectivity index (χ1) is 13.1. The quantitative estimate of drug-likeness (QED) is 0.470. The summed E-state index contributed by atoms with van der Waals surface area (Å²) in [6.07, 6.45) is 3.30. The van der Waals surface area contributed by atoms with Gasteiger partial charge < -0.3 is 9.73 Å². The predicted octanol–water partition coefficient (Wildman–Crippen LogP) is 3.83. The van der Waals surface area contributed by atoms with Gasteiger partial charge in [-0.2, -0.15) is 0 Å². The fraction of sp³-hybridized carbons (Fsp3) is 0.211. The maximum atomic E-state index is 13.0. The number of carbonyl (C=O) groups is 1. The van der Waals surface area contributed by atoms with Crippen LogP contribution in [0, 0.1) is 5.82 Å². The molecule has 140 valence electrons. The molecule has 3 aromatic rings. The van der Waals surface area contributed by atoms with Crippen molar-refractivity contribution in [2.24, 2.45) is 0 Å². The molecule has 27 heavy (non-hydrogen) atoms. The van der Waals surface area contributed by atoms with E-state index in [4.69, 9.17) is 4.42 Å². The number of allylic oxidation sites excluding steroid dienone is 1. The highest BCUT2D eigenvalue weighted by Gasteiger charge is 2.17. The molecular formula is C19H19FN4O2S. The predicted molar refractivity (Wildman–Crippen MR) is 102 cm³/mol. The average molecular weight is 386 g/mol. The summed E-state index contributed by atoms with van der Waals surface area (Å²) in [6, 6.07) is 9.42. The summed E-state index contributed by atoms with van der Waals surface area (Å²) < 4.78 is 20.2. The molecular weight excluding hydrogens is 367 g/mol. The fourth-order valence-corrected chi connectivity index (χ4v) is 3.28. The number of furan rings is 1. The molecule has 0 aliphatic heterocycles. The Hall–Kier alpha value is -2.87. The Bertz CT molecular complexity index is 906. The third-order valence-electron chi connectivity index (χ3n) is 3.85. The number of thioether (sulfide) groups is 1. The number of amides is 1. The van der Waals surface area contributed by atoms with Crippen LogP contribution in [0.25, 0.3) is 11.6 Å². The average Bonchev–Trinajstić information content (AvgIpc) is 3.30. The highest BCUT2D eigenvalue weighted by atomic mass is 32.2. The van der Waals surface area contributed by atoms with Gasteiger partial charge in [0.15, 0.2) is 10.9 Å². The summed E-state index contributed by atoms with van der Waals surface area (Å²) in [6.45, 7) is 6.10. The minimum atomic E-state index is -0.304. The number of rotatable bonds is 8. The van der Waals surface area contributed by atoms with E-state index in [1.807, 2.05) is 11.5 Å². The second-order valence-corrected chi connectivity index (χ2v) is 6.75. The number of nitrogens with one attached hydrogen (secondary N) is 1. The molecule has 1 atom stereocenters. The first-order valence-corrected chi connectivity index (χ1v) is 9.32. The van der Waals surface area contributed by atoms with Gasteiger partial charge in [0.05, 0.1) is 18.1 Å². The summed E-state index contributed by atoms with van der Waals surface area (Å²) in [7, 11) is 0. The molecule has 8 heteroatoms. The van der Waals surface area contributed by atoms with E-state index in [1.54, 1.807) is 36.6 Å². The van der Waals surface area contributed by atoms with E-state index in [2.05, 4.69) is 22.1 Å². The molecule has 1 aromatic carbocycles. The van der Waals surface area contributed by atoms with Gasteiger partial charge in [0.25, 0.3) is 0 Å². The van der Waals surface area contributed by atoms with E-state index >= 15 is 0 Å². The molecule has 2 aromatic heterocycles. The number of carbonyl (C=O) groups excluding carboxylic acids is 1. The van der Waals surface area contributed by atoms with Crippen molar-refractivity contribution in [2.45, 2.75) is 24.7 Å². The maximum absolute atomic E-state index is 13.0. The van der Waals surface area contributed by atoms with Crippen molar-refractivity contribution < 1.29 is 13.6 Å². The molecule has 0 fully saturated rings. The zero-order chi connectivity index (χ0) is 19.2. The first kappa shape index (κ1) is 18.9. The molecule has 0 saturated carbocycles. The third kappa shape index (κ3) is 4.65. The topological polar surface area (TPSA) is 73.0 Å². The van der Waals surface area contributed by atoms with Crippen LogP contribution in [0.1, 0.15) is 18.5 Å². The van der Waals surface area contributed by atoms with Gasteiger partial charge in [0, 0.05) is 6.54 Å². The molecule has 0 spiro atoms. The van der Waals surface area contributed by atoms with Crippen LogP contribution in [0.15, 0.2) is 64.9 Å². The molecule has 2 heterocycles. The van der Waals surface area contributed by atoms with Crippen LogP contribution in [0.5, 0.6) is 0 Å². The van der Waals surface area contributed by atoms with Crippen LogP contribution in [0.2, 0.25) is 0 Å². The smallest absolute Gasteiger partial charge is 0.230 e. The van der Waals surface area contributed by atoms with Gasteiger partial charge in [0.2, 0.25) is 11.7 Å². The maximum Gasteiger partial charge on any atom is 0.230 e. The van der Waals surface area contributed by atoms with Crippen LogP contribution < -0.4 is 5.32 Å². The minimum Gasteiger partial charge on any atom is -0.461 e. The van der Waals surface area contributed by atoms with Crippen LogP contribution in [0.3, 0.4) is 0 Å². The second kappa shape index (κ2) is 8.68. The van der Waals surface area contributed by atoms with Crippen LogP contribution >= 0.6 is 11.8 Å². The lowest BCUT2D eigenvalue weighted by atomic mass is 10.1. The first-order valence-electron chi connectivity index (χ1n) is 8.34. The van der Waals surface area contributed by atoms with Gasteiger partial charge in [0.1, 0.15) is 5.82 Å². The Morgan fingerprint density at radius 2 is 2.15 bits per heavy atom. The van der Waals surface area contributed by atoms with E-state index in [0.717, 1.165) is 5.56 Å². The van der Waals surface area contributed by atoms with Crippen LogP contribution in [0.4, 0.5) is 4.39 Å². The van der Waals surface area contributed by atoms with E-state index in [1.165, 1.54) is 23.9 Å². The normalized spacial score (nSPS) is 11.9. The summed E-state index contributed by atoms with van der Waals surface area (Å²) in [4.78, 5) is 12.3. The van der Waals surface area contributed by atoms with Gasteiger partial charge in [-0.25, -0.2) is 4.39 Å². The summed E-state index contributed by atoms with van der Waals surface area (Å²) in [5.74, 6) is 0.915. The molecule has 0 aliphatic carbocycles. The minimum absolute atomic E-state index is 0.149. The Labute approximate surface area is 160 Å². The van der Waals surface area contributed by atoms with Crippen LogP contribution in [-0.4, -0.2) is 26.4 Å². The van der Waals surface area contributed by atoms with Crippen molar-refractivity contribution in [1.29, 1.82) is 0 Å². The SMILES string of the molecule is C=CCn1c(SCC(=O)NC(C)c2ccc(F)cc2)nnc1-c1ccco1. The Morgan fingerprint density at radius 3 is 2.81 bits per heavy atom. The van der Waals surface area contributed by atoms with Crippen molar-refractivity contribution in [3.63, 3.8) is 0 Å². The van der Waals surface area contributed by atoms with Gasteiger partial charge >= 0.3 is 0 Å². The van der Waals surface area contributed by atoms with E-state index in [9.17, 15) is 9.18 Å². The monoisotopic (exact) mass is 386 g/mol. The van der Waals surface area contributed by atoms with Crippen molar-refractivity contribution in [1.82, 2.24) is 20.1 Å². The molecule has 0 radical (unpaired) electrons. The number of halogens is 1. The number of benzene rings is 1. The highest BCUT2D eigenvalue weighted by molar-refractivity contribution is 7.99. The molecule has 3 rings (SSSR count). The van der Waals surface area contributed by atoms with Crippen molar-refractivity contribution >= 4 is 17.7 Å². The summed E-state index contributed by atoms with van der Waals surface area (Å²) in [5.41, 5.74) is 0.838. The molecule has 6 nitrogen and oxygen atoms in total. The fourth-order valence-electron chi connectivity index (χ4n) is 2.53. The lowest BCUT2D eigenvalue weighted by molar-refractivity contribution is -0.119. The van der Waals surface area contributed by atoms with Gasteiger partial charge in [-0.05, 0) is 36.8 Å². The molecule has 1 N–H and O–H groups in total. The zero-order valence-electron chi connectivity index (χ0n) is 14.8. The molecule has 1 unspecified atom stereocenters. The molecule has 0 saturated heterocycles. The summed E-state index contributed by atoms with van der Waals surface area (Å²) in [5, 5.41) is 11.8. The van der Waals surface area contributed by atoms with E-state index in [0.29, 0.717) is 23.3 Å². The van der Waals surface area contributed by atoms with Crippen molar-refractivity contribution in [3.05, 3.63) is 66.7 Å². The van der Waals surface area contributed by atoms with Crippen molar-refractivity contribution in [2.75, 3.05) is 5.75 Å². The number of nitrogens with zero attached hydrogens (tertiary/aromatic N) is 3. The number of aromatic nitrogens is 3. The zero-order valence-corrected chi connectivity index (χ0v) is 15.6. The highest BCUT2D eigenvalue weighted by Crippen LogP contribution is 2.24. The molecule has 0 bridgehead atoms. The standard InChI is InChI=1S/C19H19FN4O2S/c1-3-10-24-18(16-5-4-11-26-16)22-23-19(24)27-12-17(25)21-13(2)14-6-8-15(20)9-7-14/h3-9,11,13H,1,10,12H2,2H3,(H,21,25). The Kier molecular flexibility index (Phi) is 6.08. The van der Waals surface area contributed by atoms with E-state index < -0.39 is 0 Å². The second-order valence-electron chi connectivity index (χ2n) is 5.81. The van der Waals surface area contributed by atoms with Crippen molar-refractivity contribution in [3.8, 4) is 11.6 Å². The Balaban J connectivity index is 1.63. The third-order valence-corrected chi connectivity index (χ3v) is 4.82. The van der Waals surface area contributed by atoms with Gasteiger partial charge in [-0.3, -0.25) is 9.36 Å². The molecule has 1 amide bonds. The lowest BCUT2D eigenvalue weighted by Crippen LogP contribution is -2.28. The molecule has 0 aliphatic rings. The summed E-state index contributed by atoms with van der Waals surface area (Å²) >= 11 is 1.28. The van der Waals surface area contributed by atoms with E-state index in [-0.39, 0.29) is 23.5 Å². The Morgan fingerprint density at radius 1 is 1.37 bits per heavy atom. The van der Waals surface area contributed by atoms with Gasteiger partial charge in [-0.15, -0.1) is 16.8 Å². The van der Waals surface area contributed by atoms with Crippen LogP contribution in [-0.2, 0) is 11.3 Å². The lowest BCUT2D eigenvalue weighted by Gasteiger charge is -2.14. The number of hydrogen-bond donors (Lipinski definition) is 1.